The fourth-order valence-electron chi connectivity index (χ4n) is 4.11. The molecule has 30 heavy (non-hydrogen) atoms. The molecule has 1 heterocycles. The molecule has 2 aliphatic carbocycles. The van der Waals surface area contributed by atoms with Gasteiger partial charge in [-0.05, 0) is 76.2 Å². The Labute approximate surface area is 178 Å². The minimum absolute atomic E-state index is 0.0915. The van der Waals surface area contributed by atoms with Gasteiger partial charge >= 0.3 is 27.5 Å². The molecule has 0 aromatic carbocycles. The van der Waals surface area contributed by atoms with Gasteiger partial charge in [-0.1, -0.05) is 0 Å². The van der Waals surface area contributed by atoms with Gasteiger partial charge in [0.1, 0.15) is 11.7 Å². The molecule has 0 aromatic heterocycles. The molecule has 1 aliphatic heterocycles. The summed E-state index contributed by atoms with van der Waals surface area (Å²) < 4.78 is 94.8. The number of carbonyl (C=O) groups excluding carboxylic acids is 1. The van der Waals surface area contributed by atoms with Crippen LogP contribution in [0.2, 0.25) is 0 Å². The van der Waals surface area contributed by atoms with Crippen LogP contribution in [0, 0.1) is 17.8 Å². The molecule has 6 nitrogen and oxygen atoms in total. The van der Waals surface area contributed by atoms with Gasteiger partial charge in [0.2, 0.25) is 0 Å². The number of carbonyl (C=O) groups is 1. The monoisotopic (exact) mass is 480 g/mol. The van der Waals surface area contributed by atoms with E-state index in [1.165, 1.54) is 24.3 Å². The Kier molecular flexibility index (Phi) is 7.66. The van der Waals surface area contributed by atoms with Gasteiger partial charge in [-0.2, -0.15) is 37.7 Å². The number of thioether (sulfide) groups is 1. The van der Waals surface area contributed by atoms with Crippen molar-refractivity contribution in [3.8, 4) is 0 Å². The van der Waals surface area contributed by atoms with E-state index in [0.717, 1.165) is 0 Å². The zero-order chi connectivity index (χ0) is 23.0. The van der Waals surface area contributed by atoms with Crippen molar-refractivity contribution in [2.75, 3.05) is 11.5 Å². The van der Waals surface area contributed by atoms with Gasteiger partial charge in [0.15, 0.2) is 0 Å². The van der Waals surface area contributed by atoms with Gasteiger partial charge in [-0.15, -0.1) is 0 Å². The molecule has 0 amide bonds. The van der Waals surface area contributed by atoms with Crippen molar-refractivity contribution >= 4 is 28.0 Å². The standard InChI is InChI=1S/C14H20F4O6S.C4H8S/c1-12(2,3)24-11(19)23-10-6-7-4-8(10)5-9(7)13(15,16)14(17,18)25(20,21)22;1-2-4-5-3-1/h7-10H,4-6H2,1-3H3,(H,20,21,22);1-4H2. The first kappa shape index (κ1) is 25.5. The number of ether oxygens (including phenoxy) is 2. The van der Waals surface area contributed by atoms with Crippen LogP contribution in [0.15, 0.2) is 0 Å². The van der Waals surface area contributed by atoms with Crippen LogP contribution in [0.3, 0.4) is 0 Å². The van der Waals surface area contributed by atoms with Crippen LogP contribution < -0.4 is 0 Å². The molecule has 176 valence electrons. The molecular weight excluding hydrogens is 452 g/mol. The van der Waals surface area contributed by atoms with Crippen molar-refractivity contribution in [3.05, 3.63) is 0 Å². The normalized spacial score (nSPS) is 29.3. The molecule has 3 aliphatic rings. The summed E-state index contributed by atoms with van der Waals surface area (Å²) >= 11 is 2.07. The van der Waals surface area contributed by atoms with E-state index in [1.807, 2.05) is 0 Å². The summed E-state index contributed by atoms with van der Waals surface area (Å²) in [5.74, 6) is -5.55. The average molecular weight is 481 g/mol. The summed E-state index contributed by atoms with van der Waals surface area (Å²) in [6.45, 7) is 4.84. The molecule has 4 atom stereocenters. The van der Waals surface area contributed by atoms with Crippen molar-refractivity contribution in [2.45, 2.75) is 75.8 Å². The zero-order valence-corrected chi connectivity index (χ0v) is 18.7. The first-order chi connectivity index (χ1) is 13.6. The van der Waals surface area contributed by atoms with Gasteiger partial charge in [-0.25, -0.2) is 4.79 Å². The number of halogens is 4. The third kappa shape index (κ3) is 5.73. The second-order valence-electron chi connectivity index (χ2n) is 8.89. The molecule has 4 unspecified atom stereocenters. The van der Waals surface area contributed by atoms with Crippen LogP contribution in [0.4, 0.5) is 22.4 Å². The van der Waals surface area contributed by atoms with E-state index >= 15 is 0 Å². The Morgan fingerprint density at radius 3 is 1.93 bits per heavy atom. The quantitative estimate of drug-likeness (QED) is 0.345. The van der Waals surface area contributed by atoms with Crippen molar-refractivity contribution < 1.29 is 44.8 Å². The maximum Gasteiger partial charge on any atom is 0.509 e. The number of fused-ring (bicyclic) bond motifs is 2. The van der Waals surface area contributed by atoms with Gasteiger partial charge in [-0.3, -0.25) is 4.55 Å². The molecule has 0 aromatic rings. The highest BCUT2D eigenvalue weighted by atomic mass is 32.2. The Morgan fingerprint density at radius 2 is 1.57 bits per heavy atom. The largest absolute Gasteiger partial charge is 0.509 e. The van der Waals surface area contributed by atoms with Gasteiger partial charge in [0, 0.05) is 5.92 Å². The van der Waals surface area contributed by atoms with E-state index in [4.69, 9.17) is 14.0 Å². The number of hydrogen-bond acceptors (Lipinski definition) is 6. The molecule has 1 saturated heterocycles. The second-order valence-corrected chi connectivity index (χ2v) is 11.6. The summed E-state index contributed by atoms with van der Waals surface area (Å²) in [6, 6.07) is 0. The lowest BCUT2D eigenvalue weighted by Gasteiger charge is -2.35. The molecule has 0 spiro atoms. The van der Waals surface area contributed by atoms with Crippen LogP contribution in [-0.2, 0) is 19.6 Å². The van der Waals surface area contributed by atoms with Crippen molar-refractivity contribution in [1.82, 2.24) is 0 Å². The predicted molar refractivity (Wildman–Crippen MR) is 103 cm³/mol. The number of rotatable bonds is 4. The van der Waals surface area contributed by atoms with E-state index in [1.54, 1.807) is 20.8 Å². The summed E-state index contributed by atoms with van der Waals surface area (Å²) in [6.07, 6.45) is 0.787. The highest BCUT2D eigenvalue weighted by molar-refractivity contribution is 7.99. The minimum Gasteiger partial charge on any atom is -0.431 e. The zero-order valence-electron chi connectivity index (χ0n) is 17.1. The predicted octanol–water partition coefficient (Wildman–Crippen LogP) is 4.98. The highest BCUT2D eigenvalue weighted by Crippen LogP contribution is 2.58. The maximum atomic E-state index is 14.1. The number of alkyl halides is 4. The maximum absolute atomic E-state index is 14.1. The van der Waals surface area contributed by atoms with Crippen LogP contribution in [0.1, 0.15) is 52.9 Å². The first-order valence-corrected chi connectivity index (χ1v) is 12.4. The molecular formula is C18H28F4O6S2. The Hall–Kier alpha value is -0.750. The Bertz CT molecular complexity index is 711. The third-order valence-corrected chi connectivity index (χ3v) is 7.51. The summed E-state index contributed by atoms with van der Waals surface area (Å²) in [5, 5.41) is -5.57. The molecule has 2 saturated carbocycles. The van der Waals surface area contributed by atoms with E-state index in [2.05, 4.69) is 11.8 Å². The molecule has 0 radical (unpaired) electrons. The molecule has 3 fully saturated rings. The van der Waals surface area contributed by atoms with Crippen molar-refractivity contribution in [2.24, 2.45) is 17.8 Å². The van der Waals surface area contributed by atoms with E-state index in [9.17, 15) is 30.8 Å². The van der Waals surface area contributed by atoms with E-state index in [0.29, 0.717) is 0 Å². The number of hydrogen-bond donors (Lipinski definition) is 1. The molecule has 3 rings (SSSR count). The summed E-state index contributed by atoms with van der Waals surface area (Å²) in [7, 11) is -6.26. The van der Waals surface area contributed by atoms with E-state index < -0.39 is 63.3 Å². The summed E-state index contributed by atoms with van der Waals surface area (Å²) in [5.41, 5.74) is -0.804. The van der Waals surface area contributed by atoms with Gasteiger partial charge < -0.3 is 9.47 Å². The first-order valence-electron chi connectivity index (χ1n) is 9.76. The third-order valence-electron chi connectivity index (χ3n) is 5.43. The second kappa shape index (κ2) is 9.01. The smallest absolute Gasteiger partial charge is 0.431 e. The average Bonchev–Trinajstić information content (AvgIpc) is 3.30. The van der Waals surface area contributed by atoms with Crippen LogP contribution in [-0.4, -0.2) is 53.5 Å². The Balaban J connectivity index is 0.000000558. The SMILES string of the molecule is C1CCSC1.CC(C)(C)OC(=O)OC1CC2CC1CC2C(F)(F)C(F)(F)S(=O)(=O)O. The van der Waals surface area contributed by atoms with Crippen molar-refractivity contribution in [1.29, 1.82) is 0 Å². The minimum atomic E-state index is -6.26. The van der Waals surface area contributed by atoms with Crippen LogP contribution in [0.25, 0.3) is 0 Å². The van der Waals surface area contributed by atoms with Gasteiger partial charge in [0.05, 0.1) is 0 Å². The highest BCUT2D eigenvalue weighted by Gasteiger charge is 2.72. The lowest BCUT2D eigenvalue weighted by Crippen LogP contribution is -2.53. The molecule has 1 N–H and O–H groups in total. The fraction of sp³-hybridized carbons (Fsp3) is 0.944. The fourth-order valence-corrected chi connectivity index (χ4v) is 5.62. The topological polar surface area (TPSA) is 89.9 Å². The molecule has 12 heteroatoms. The van der Waals surface area contributed by atoms with Crippen LogP contribution >= 0.6 is 11.8 Å². The molecule has 2 bridgehead atoms. The van der Waals surface area contributed by atoms with Crippen LogP contribution in [0.5, 0.6) is 0 Å². The lowest BCUT2D eigenvalue weighted by molar-refractivity contribution is -0.205. The van der Waals surface area contributed by atoms with Crippen molar-refractivity contribution in [3.63, 3.8) is 0 Å². The lowest BCUT2D eigenvalue weighted by atomic mass is 9.82. The van der Waals surface area contributed by atoms with E-state index in [-0.39, 0.29) is 12.8 Å². The summed E-state index contributed by atoms with van der Waals surface area (Å²) in [4.78, 5) is 11.6. The Morgan fingerprint density at radius 1 is 1.00 bits per heavy atom. The van der Waals surface area contributed by atoms with Gasteiger partial charge in [0.25, 0.3) is 0 Å².